The zero-order valence-electron chi connectivity index (χ0n) is 6.30. The van der Waals surface area contributed by atoms with Gasteiger partial charge in [-0.3, -0.25) is 9.78 Å². The minimum atomic E-state index is 0.0237. The Bertz CT molecular complexity index is 338. The second-order valence-corrected chi connectivity index (χ2v) is 3.11. The van der Waals surface area contributed by atoms with Crippen molar-refractivity contribution in [1.29, 1.82) is 0 Å². The van der Waals surface area contributed by atoms with Crippen LogP contribution in [0.25, 0.3) is 0 Å². The zero-order chi connectivity index (χ0) is 8.55. The molecule has 0 saturated carbocycles. The fourth-order valence-corrected chi connectivity index (χ4v) is 1.48. The molecule has 1 aromatic rings. The van der Waals surface area contributed by atoms with Crippen LogP contribution in [-0.2, 0) is 11.2 Å². The number of nitrogens with one attached hydrogen (secondary N) is 1. The molecule has 1 aliphatic rings. The molecule has 1 N–H and O–H groups in total. The maximum Gasteiger partial charge on any atom is 0.224 e. The van der Waals surface area contributed by atoms with Crippen molar-refractivity contribution < 1.29 is 4.79 Å². The van der Waals surface area contributed by atoms with Crippen LogP contribution < -0.4 is 5.32 Å². The zero-order valence-corrected chi connectivity index (χ0v) is 7.06. The number of hydrogen-bond acceptors (Lipinski definition) is 2. The number of hydrogen-bond donors (Lipinski definition) is 1. The molecule has 0 atom stereocenters. The Morgan fingerprint density at radius 2 is 2.25 bits per heavy atom. The van der Waals surface area contributed by atoms with Crippen LogP contribution in [0, 0.1) is 0 Å². The molecule has 0 radical (unpaired) electrons. The van der Waals surface area contributed by atoms with Crippen LogP contribution in [0.4, 0.5) is 5.69 Å². The van der Waals surface area contributed by atoms with Gasteiger partial charge in [-0.25, -0.2) is 0 Å². The van der Waals surface area contributed by atoms with E-state index in [-0.39, 0.29) is 5.91 Å². The SMILES string of the molecule is O=C1CCc2cncc(Cl)c2N1. The molecule has 0 spiro atoms. The van der Waals surface area contributed by atoms with E-state index in [2.05, 4.69) is 10.3 Å². The lowest BCUT2D eigenvalue weighted by molar-refractivity contribution is -0.116. The molecule has 0 aromatic carbocycles. The Kier molecular flexibility index (Phi) is 1.73. The van der Waals surface area contributed by atoms with Gasteiger partial charge >= 0.3 is 0 Å². The van der Waals surface area contributed by atoms with Crippen LogP contribution in [0.15, 0.2) is 12.4 Å². The van der Waals surface area contributed by atoms with Gasteiger partial charge in [-0.05, 0) is 12.0 Å². The Morgan fingerprint density at radius 3 is 3.08 bits per heavy atom. The molecule has 0 aliphatic carbocycles. The van der Waals surface area contributed by atoms with Gasteiger partial charge in [0, 0.05) is 18.8 Å². The number of carbonyl (C=O) groups is 1. The molecule has 3 nitrogen and oxygen atoms in total. The van der Waals surface area contributed by atoms with Crippen molar-refractivity contribution in [1.82, 2.24) is 4.98 Å². The summed E-state index contributed by atoms with van der Waals surface area (Å²) in [4.78, 5) is 14.9. The standard InChI is InChI=1S/C8H7ClN2O/c9-6-4-10-3-5-1-2-7(12)11-8(5)6/h3-4H,1-2H2,(H,11,12). The minimum Gasteiger partial charge on any atom is -0.324 e. The maximum absolute atomic E-state index is 11.0. The molecule has 1 amide bonds. The number of pyridine rings is 1. The van der Waals surface area contributed by atoms with Crippen LogP contribution in [0.3, 0.4) is 0 Å². The largest absolute Gasteiger partial charge is 0.324 e. The van der Waals surface area contributed by atoms with Gasteiger partial charge in [-0.2, -0.15) is 0 Å². The van der Waals surface area contributed by atoms with Gasteiger partial charge in [0.25, 0.3) is 0 Å². The van der Waals surface area contributed by atoms with Gasteiger partial charge in [0.2, 0.25) is 5.91 Å². The lowest BCUT2D eigenvalue weighted by Gasteiger charge is -2.16. The van der Waals surface area contributed by atoms with Crippen molar-refractivity contribution in [3.63, 3.8) is 0 Å². The summed E-state index contributed by atoms with van der Waals surface area (Å²) in [5.41, 5.74) is 1.74. The summed E-state index contributed by atoms with van der Waals surface area (Å²) in [5.74, 6) is 0.0237. The van der Waals surface area contributed by atoms with Gasteiger partial charge < -0.3 is 5.32 Å². The molecule has 12 heavy (non-hydrogen) atoms. The average molecular weight is 183 g/mol. The number of fused-ring (bicyclic) bond motifs is 1. The van der Waals surface area contributed by atoms with Crippen molar-refractivity contribution in [3.8, 4) is 0 Å². The maximum atomic E-state index is 11.0. The van der Waals surface area contributed by atoms with Crippen molar-refractivity contribution in [3.05, 3.63) is 23.0 Å². The number of aromatic nitrogens is 1. The highest BCUT2D eigenvalue weighted by Gasteiger charge is 2.16. The van der Waals surface area contributed by atoms with E-state index in [4.69, 9.17) is 11.6 Å². The molecule has 1 aliphatic heterocycles. The van der Waals surface area contributed by atoms with Crippen molar-refractivity contribution in [2.75, 3.05) is 5.32 Å². The molecule has 2 rings (SSSR count). The van der Waals surface area contributed by atoms with E-state index < -0.39 is 0 Å². The third-order valence-corrected chi connectivity index (χ3v) is 2.15. The molecule has 0 saturated heterocycles. The third-order valence-electron chi connectivity index (χ3n) is 1.86. The minimum absolute atomic E-state index is 0.0237. The summed E-state index contributed by atoms with van der Waals surface area (Å²) in [6, 6.07) is 0. The Morgan fingerprint density at radius 1 is 1.42 bits per heavy atom. The van der Waals surface area contributed by atoms with E-state index >= 15 is 0 Å². The Hall–Kier alpha value is -1.09. The highest BCUT2D eigenvalue weighted by Crippen LogP contribution is 2.28. The van der Waals surface area contributed by atoms with Crippen LogP contribution in [-0.4, -0.2) is 10.9 Å². The predicted molar refractivity (Wildman–Crippen MR) is 46.2 cm³/mol. The van der Waals surface area contributed by atoms with Gasteiger partial charge in [0.05, 0.1) is 10.7 Å². The first-order valence-corrected chi connectivity index (χ1v) is 4.07. The number of halogens is 1. The summed E-state index contributed by atoms with van der Waals surface area (Å²) >= 11 is 5.83. The monoisotopic (exact) mass is 182 g/mol. The summed E-state index contributed by atoms with van der Waals surface area (Å²) in [6.07, 6.45) is 4.52. The van der Waals surface area contributed by atoms with Gasteiger partial charge in [0.15, 0.2) is 0 Å². The smallest absolute Gasteiger partial charge is 0.224 e. The highest BCUT2D eigenvalue weighted by atomic mass is 35.5. The Balaban J connectivity index is 2.50. The van der Waals surface area contributed by atoms with Crippen LogP contribution >= 0.6 is 11.6 Å². The van der Waals surface area contributed by atoms with Crippen molar-refractivity contribution >= 4 is 23.2 Å². The molecule has 0 fully saturated rings. The van der Waals surface area contributed by atoms with Crippen molar-refractivity contribution in [2.45, 2.75) is 12.8 Å². The number of carbonyl (C=O) groups excluding carboxylic acids is 1. The predicted octanol–water partition coefficient (Wildman–Crippen LogP) is 1.62. The number of amides is 1. The lowest BCUT2D eigenvalue weighted by atomic mass is 10.1. The molecular weight excluding hydrogens is 176 g/mol. The topological polar surface area (TPSA) is 42.0 Å². The first-order valence-electron chi connectivity index (χ1n) is 3.69. The average Bonchev–Trinajstić information content (AvgIpc) is 2.07. The molecule has 2 heterocycles. The third kappa shape index (κ3) is 1.16. The van der Waals surface area contributed by atoms with Crippen LogP contribution in [0.5, 0.6) is 0 Å². The lowest BCUT2D eigenvalue weighted by Crippen LogP contribution is -2.19. The van der Waals surface area contributed by atoms with E-state index in [1.165, 1.54) is 6.20 Å². The quantitative estimate of drug-likeness (QED) is 0.663. The molecule has 62 valence electrons. The van der Waals surface area contributed by atoms with E-state index in [1.807, 2.05) is 0 Å². The van der Waals surface area contributed by atoms with Gasteiger partial charge in [-0.1, -0.05) is 11.6 Å². The first-order chi connectivity index (χ1) is 5.77. The summed E-state index contributed by atoms with van der Waals surface area (Å²) < 4.78 is 0. The van der Waals surface area contributed by atoms with Gasteiger partial charge in [0.1, 0.15) is 0 Å². The van der Waals surface area contributed by atoms with Gasteiger partial charge in [-0.15, -0.1) is 0 Å². The Labute approximate surface area is 74.8 Å². The van der Waals surface area contributed by atoms with E-state index in [0.29, 0.717) is 11.4 Å². The fourth-order valence-electron chi connectivity index (χ4n) is 1.25. The van der Waals surface area contributed by atoms with E-state index in [9.17, 15) is 4.79 Å². The normalized spacial score (nSPS) is 15.2. The summed E-state index contributed by atoms with van der Waals surface area (Å²) in [5, 5.41) is 3.23. The molecule has 1 aromatic heterocycles. The molecule has 4 heteroatoms. The fraction of sp³-hybridized carbons (Fsp3) is 0.250. The second-order valence-electron chi connectivity index (χ2n) is 2.70. The molecule has 0 bridgehead atoms. The summed E-state index contributed by atoms with van der Waals surface area (Å²) in [6.45, 7) is 0. The van der Waals surface area contributed by atoms with E-state index in [0.717, 1.165) is 17.7 Å². The van der Waals surface area contributed by atoms with Crippen molar-refractivity contribution in [2.24, 2.45) is 0 Å². The first kappa shape index (κ1) is 7.55. The number of anilines is 1. The molecule has 0 unspecified atom stereocenters. The number of aryl methyl sites for hydroxylation is 1. The highest BCUT2D eigenvalue weighted by molar-refractivity contribution is 6.33. The van der Waals surface area contributed by atoms with E-state index in [1.54, 1.807) is 6.20 Å². The molecular formula is C8H7ClN2O. The number of nitrogens with zero attached hydrogens (tertiary/aromatic N) is 1. The summed E-state index contributed by atoms with van der Waals surface area (Å²) in [7, 11) is 0. The van der Waals surface area contributed by atoms with Crippen LogP contribution in [0.1, 0.15) is 12.0 Å². The number of rotatable bonds is 0. The second kappa shape index (κ2) is 2.75. The van der Waals surface area contributed by atoms with Crippen LogP contribution in [0.2, 0.25) is 5.02 Å².